The number of aryl methyl sites for hydroxylation is 2. The highest BCUT2D eigenvalue weighted by Crippen LogP contribution is 2.35. The van der Waals surface area contributed by atoms with E-state index in [4.69, 9.17) is 21.1 Å². The standard InChI is InChI=1S/C26H27ClF3N3O3/c1-17-6-4-7-21(14-17)36-16-20-15-19(8-10-22(20)35-3)9-11-23(34)31-12-5-13-33-18(2)24(27)25(32-33)26(28,29)30/h4,6-11,14-15H,5,12-13,16H2,1-3H3,(H,31,34)/b11-9+. The lowest BCUT2D eigenvalue weighted by molar-refractivity contribution is -0.141. The molecule has 2 aromatic carbocycles. The molecule has 0 fully saturated rings. The highest BCUT2D eigenvalue weighted by atomic mass is 35.5. The molecule has 0 radical (unpaired) electrons. The lowest BCUT2D eigenvalue weighted by Crippen LogP contribution is -2.23. The predicted molar refractivity (Wildman–Crippen MR) is 132 cm³/mol. The van der Waals surface area contributed by atoms with Crippen LogP contribution in [0.3, 0.4) is 0 Å². The molecule has 0 atom stereocenters. The number of halogens is 4. The Bertz CT molecular complexity index is 1240. The predicted octanol–water partition coefficient (Wildman–Crippen LogP) is 5.98. The van der Waals surface area contributed by atoms with Crippen LogP contribution in [0.5, 0.6) is 11.5 Å². The maximum atomic E-state index is 12.9. The zero-order chi connectivity index (χ0) is 26.3. The molecule has 1 aromatic heterocycles. The van der Waals surface area contributed by atoms with Gasteiger partial charge in [-0.3, -0.25) is 9.48 Å². The minimum absolute atomic E-state index is 0.189. The normalized spacial score (nSPS) is 11.6. The molecule has 0 saturated heterocycles. The van der Waals surface area contributed by atoms with E-state index in [2.05, 4.69) is 10.4 Å². The lowest BCUT2D eigenvalue weighted by Gasteiger charge is -2.11. The van der Waals surface area contributed by atoms with Gasteiger partial charge in [0.25, 0.3) is 0 Å². The summed E-state index contributed by atoms with van der Waals surface area (Å²) in [5.41, 5.74) is 1.84. The van der Waals surface area contributed by atoms with Crippen molar-refractivity contribution in [3.05, 3.63) is 81.6 Å². The SMILES string of the molecule is COc1ccc(/C=C/C(=O)NCCCn2nc(C(F)(F)F)c(Cl)c2C)cc1COc1cccc(C)c1. The highest BCUT2D eigenvalue weighted by molar-refractivity contribution is 6.31. The number of nitrogens with zero attached hydrogens (tertiary/aromatic N) is 2. The number of amides is 1. The van der Waals surface area contributed by atoms with Crippen molar-refractivity contribution in [3.8, 4) is 11.5 Å². The summed E-state index contributed by atoms with van der Waals surface area (Å²) in [6.07, 6.45) is -1.17. The van der Waals surface area contributed by atoms with Gasteiger partial charge in [0.2, 0.25) is 5.91 Å². The minimum atomic E-state index is -4.61. The molecular formula is C26H27ClF3N3O3. The number of hydrogen-bond acceptors (Lipinski definition) is 4. The number of alkyl halides is 3. The Labute approximate surface area is 212 Å². The van der Waals surface area contributed by atoms with Gasteiger partial charge in [0.1, 0.15) is 18.1 Å². The van der Waals surface area contributed by atoms with Crippen molar-refractivity contribution in [2.45, 2.75) is 39.6 Å². The first-order valence-corrected chi connectivity index (χ1v) is 11.6. The summed E-state index contributed by atoms with van der Waals surface area (Å²) < 4.78 is 51.3. The van der Waals surface area contributed by atoms with Gasteiger partial charge in [0.05, 0.1) is 17.8 Å². The van der Waals surface area contributed by atoms with Crippen LogP contribution in [0.15, 0.2) is 48.5 Å². The summed E-state index contributed by atoms with van der Waals surface area (Å²) in [7, 11) is 1.58. The van der Waals surface area contributed by atoms with Gasteiger partial charge < -0.3 is 14.8 Å². The zero-order valence-corrected chi connectivity index (χ0v) is 20.9. The van der Waals surface area contributed by atoms with E-state index in [1.165, 1.54) is 17.7 Å². The maximum absolute atomic E-state index is 12.9. The molecular weight excluding hydrogens is 495 g/mol. The molecule has 1 amide bonds. The Morgan fingerprint density at radius 1 is 1.19 bits per heavy atom. The molecule has 0 spiro atoms. The Hall–Kier alpha value is -3.46. The second kappa shape index (κ2) is 12.0. The van der Waals surface area contributed by atoms with Crippen molar-refractivity contribution in [3.63, 3.8) is 0 Å². The van der Waals surface area contributed by atoms with Crippen molar-refractivity contribution < 1.29 is 27.4 Å². The number of nitrogens with one attached hydrogen (secondary N) is 1. The number of rotatable bonds is 10. The first-order valence-electron chi connectivity index (χ1n) is 11.2. The molecule has 1 N–H and O–H groups in total. The number of carbonyl (C=O) groups excluding carboxylic acids is 1. The maximum Gasteiger partial charge on any atom is 0.436 e. The Kier molecular flexibility index (Phi) is 9.03. The monoisotopic (exact) mass is 521 g/mol. The molecule has 1 heterocycles. The zero-order valence-electron chi connectivity index (χ0n) is 20.2. The summed E-state index contributed by atoms with van der Waals surface area (Å²) >= 11 is 5.75. The molecule has 0 saturated carbocycles. The van der Waals surface area contributed by atoms with Crippen molar-refractivity contribution in [1.29, 1.82) is 0 Å². The largest absolute Gasteiger partial charge is 0.496 e. The smallest absolute Gasteiger partial charge is 0.436 e. The summed E-state index contributed by atoms with van der Waals surface area (Å²) in [6, 6.07) is 13.2. The topological polar surface area (TPSA) is 65.4 Å². The number of aromatic nitrogens is 2. The van der Waals surface area contributed by atoms with Crippen LogP contribution in [0.1, 0.15) is 34.5 Å². The second-order valence-electron chi connectivity index (χ2n) is 8.12. The van der Waals surface area contributed by atoms with Crippen LogP contribution in [0.25, 0.3) is 6.08 Å². The number of ether oxygens (including phenoxy) is 2. The average molecular weight is 522 g/mol. The molecule has 0 bridgehead atoms. The van der Waals surface area contributed by atoms with Crippen molar-refractivity contribution >= 4 is 23.6 Å². The van der Waals surface area contributed by atoms with Gasteiger partial charge in [-0.05, 0) is 61.7 Å². The minimum Gasteiger partial charge on any atom is -0.496 e. The fourth-order valence-corrected chi connectivity index (χ4v) is 3.72. The van der Waals surface area contributed by atoms with Gasteiger partial charge in [-0.1, -0.05) is 29.8 Å². The molecule has 0 aliphatic carbocycles. The number of carbonyl (C=O) groups is 1. The third kappa shape index (κ3) is 7.27. The number of benzene rings is 2. The Balaban J connectivity index is 1.52. The summed E-state index contributed by atoms with van der Waals surface area (Å²) in [6.45, 7) is 4.21. The van der Waals surface area contributed by atoms with Gasteiger partial charge in [-0.25, -0.2) is 0 Å². The highest BCUT2D eigenvalue weighted by Gasteiger charge is 2.38. The first kappa shape index (κ1) is 27.1. The molecule has 0 aliphatic rings. The van der Waals surface area contributed by atoms with Gasteiger partial charge in [-0.15, -0.1) is 0 Å². The van der Waals surface area contributed by atoms with E-state index in [1.807, 2.05) is 43.3 Å². The summed E-state index contributed by atoms with van der Waals surface area (Å²) in [5.74, 6) is 1.10. The lowest BCUT2D eigenvalue weighted by atomic mass is 10.1. The molecule has 6 nitrogen and oxygen atoms in total. The second-order valence-corrected chi connectivity index (χ2v) is 8.50. The Morgan fingerprint density at radius 2 is 1.97 bits per heavy atom. The number of hydrogen-bond donors (Lipinski definition) is 1. The molecule has 3 aromatic rings. The van der Waals surface area contributed by atoms with Crippen LogP contribution in [0, 0.1) is 13.8 Å². The van der Waals surface area contributed by atoms with Gasteiger partial charge in [0, 0.05) is 24.7 Å². The van der Waals surface area contributed by atoms with E-state index in [-0.39, 0.29) is 24.7 Å². The third-order valence-corrected chi connectivity index (χ3v) is 5.82. The van der Waals surface area contributed by atoms with E-state index in [9.17, 15) is 18.0 Å². The van der Waals surface area contributed by atoms with Gasteiger partial charge in [-0.2, -0.15) is 18.3 Å². The van der Waals surface area contributed by atoms with Crippen LogP contribution < -0.4 is 14.8 Å². The van der Waals surface area contributed by atoms with E-state index < -0.39 is 16.9 Å². The van der Waals surface area contributed by atoms with Crippen LogP contribution in [-0.2, 0) is 24.1 Å². The molecule has 0 aliphatic heterocycles. The molecule has 0 unspecified atom stereocenters. The average Bonchev–Trinajstić information content (AvgIpc) is 3.13. The van der Waals surface area contributed by atoms with E-state index in [0.29, 0.717) is 18.8 Å². The molecule has 10 heteroatoms. The molecule has 3 rings (SSSR count). The Morgan fingerprint density at radius 3 is 2.64 bits per heavy atom. The van der Waals surface area contributed by atoms with E-state index in [0.717, 1.165) is 22.4 Å². The summed E-state index contributed by atoms with van der Waals surface area (Å²) in [4.78, 5) is 12.2. The van der Waals surface area contributed by atoms with Gasteiger partial charge in [0.15, 0.2) is 5.69 Å². The number of methoxy groups -OCH3 is 1. The van der Waals surface area contributed by atoms with E-state index in [1.54, 1.807) is 19.3 Å². The summed E-state index contributed by atoms with van der Waals surface area (Å²) in [5, 5.41) is 5.85. The van der Waals surface area contributed by atoms with Crippen LogP contribution in [0.2, 0.25) is 5.02 Å². The van der Waals surface area contributed by atoms with Crippen molar-refractivity contribution in [2.24, 2.45) is 0 Å². The van der Waals surface area contributed by atoms with Crippen molar-refractivity contribution in [1.82, 2.24) is 15.1 Å². The van der Waals surface area contributed by atoms with Crippen LogP contribution in [0.4, 0.5) is 13.2 Å². The fourth-order valence-electron chi connectivity index (χ4n) is 3.48. The quantitative estimate of drug-likeness (QED) is 0.263. The fraction of sp³-hybridized carbons (Fsp3) is 0.308. The first-order chi connectivity index (χ1) is 17.1. The van der Waals surface area contributed by atoms with Crippen molar-refractivity contribution in [2.75, 3.05) is 13.7 Å². The van der Waals surface area contributed by atoms with Crippen LogP contribution in [-0.4, -0.2) is 29.3 Å². The van der Waals surface area contributed by atoms with E-state index >= 15 is 0 Å². The van der Waals surface area contributed by atoms with Gasteiger partial charge >= 0.3 is 6.18 Å². The third-order valence-electron chi connectivity index (χ3n) is 5.36. The molecule has 36 heavy (non-hydrogen) atoms. The van der Waals surface area contributed by atoms with Crippen LogP contribution >= 0.6 is 11.6 Å². The molecule has 192 valence electrons.